The Labute approximate surface area is 159 Å². The van der Waals surface area contributed by atoms with Crippen LogP contribution in [0.2, 0.25) is 5.02 Å². The predicted octanol–water partition coefficient (Wildman–Crippen LogP) is 3.17. The van der Waals surface area contributed by atoms with Crippen molar-refractivity contribution in [2.24, 2.45) is 5.92 Å². The molecule has 4 rings (SSSR count). The van der Waals surface area contributed by atoms with E-state index < -0.39 is 11.9 Å². The number of piperazine rings is 1. The monoisotopic (exact) mass is 391 g/mol. The van der Waals surface area contributed by atoms with E-state index in [1.165, 1.54) is 23.2 Å². The van der Waals surface area contributed by atoms with Crippen molar-refractivity contribution in [2.45, 2.75) is 25.4 Å². The zero-order valence-corrected chi connectivity index (χ0v) is 15.0. The van der Waals surface area contributed by atoms with Crippen LogP contribution >= 0.6 is 11.6 Å². The zero-order valence-electron chi connectivity index (χ0n) is 14.2. The number of benzene rings is 1. The lowest BCUT2D eigenvalue weighted by Gasteiger charge is -2.40. The van der Waals surface area contributed by atoms with Crippen molar-refractivity contribution in [3.63, 3.8) is 0 Å². The van der Waals surface area contributed by atoms with Crippen LogP contribution in [0.5, 0.6) is 0 Å². The number of hydrogen-bond acceptors (Lipinski definition) is 3. The van der Waals surface area contributed by atoms with Gasteiger partial charge in [-0.3, -0.25) is 14.5 Å². The fourth-order valence-electron chi connectivity index (χ4n) is 3.38. The van der Waals surface area contributed by atoms with Gasteiger partial charge in [-0.1, -0.05) is 23.7 Å². The molecule has 8 heteroatoms. The summed E-state index contributed by atoms with van der Waals surface area (Å²) in [6, 6.07) is 6.20. The Balaban J connectivity index is 1.63. The van der Waals surface area contributed by atoms with Gasteiger partial charge in [0.05, 0.1) is 5.02 Å². The highest BCUT2D eigenvalue weighted by Gasteiger charge is 2.48. The lowest BCUT2D eigenvalue weighted by atomic mass is 10.0. The van der Waals surface area contributed by atoms with Crippen molar-refractivity contribution in [3.8, 4) is 0 Å². The summed E-state index contributed by atoms with van der Waals surface area (Å²) in [4.78, 5) is 32.4. The Kier molecular flexibility index (Phi) is 4.55. The number of carbonyl (C=O) groups is 2. The second-order valence-corrected chi connectivity index (χ2v) is 7.25. The zero-order chi connectivity index (χ0) is 19.1. The van der Waals surface area contributed by atoms with E-state index in [4.69, 9.17) is 11.6 Å². The fraction of sp³-hybridized carbons (Fsp3) is 0.316. The quantitative estimate of drug-likeness (QED) is 0.804. The minimum atomic E-state index is -0.745. The van der Waals surface area contributed by atoms with Gasteiger partial charge in [-0.2, -0.15) is 0 Å². The lowest BCUT2D eigenvalue weighted by Crippen LogP contribution is -2.61. The molecule has 0 unspecified atom stereocenters. The first-order valence-corrected chi connectivity index (χ1v) is 8.98. The lowest BCUT2D eigenvalue weighted by molar-refractivity contribution is -0.144. The summed E-state index contributed by atoms with van der Waals surface area (Å²) in [6.07, 6.45) is 2.90. The van der Waals surface area contributed by atoms with Gasteiger partial charge in [0.25, 0.3) is 5.91 Å². The molecule has 27 heavy (non-hydrogen) atoms. The summed E-state index contributed by atoms with van der Waals surface area (Å²) < 4.78 is 27.4. The van der Waals surface area contributed by atoms with E-state index in [1.54, 1.807) is 12.1 Å². The number of rotatable bonds is 4. The van der Waals surface area contributed by atoms with E-state index in [0.717, 1.165) is 29.4 Å². The molecule has 1 aromatic carbocycles. The van der Waals surface area contributed by atoms with Crippen LogP contribution in [-0.2, 0) is 16.1 Å². The molecule has 2 amide bonds. The second-order valence-electron chi connectivity index (χ2n) is 6.81. The van der Waals surface area contributed by atoms with Crippen molar-refractivity contribution in [2.75, 3.05) is 11.4 Å². The molecule has 0 spiro atoms. The summed E-state index contributed by atoms with van der Waals surface area (Å²) in [6.45, 7) is -0.0921. The molecule has 1 saturated heterocycles. The summed E-state index contributed by atoms with van der Waals surface area (Å²) in [5.74, 6) is -1.91. The number of halogens is 3. The third kappa shape index (κ3) is 3.51. The Morgan fingerprint density at radius 1 is 1.15 bits per heavy atom. The van der Waals surface area contributed by atoms with Crippen molar-refractivity contribution >= 4 is 29.2 Å². The van der Waals surface area contributed by atoms with Gasteiger partial charge >= 0.3 is 0 Å². The Morgan fingerprint density at radius 2 is 1.85 bits per heavy atom. The maximum absolute atomic E-state index is 14.3. The highest BCUT2D eigenvalue weighted by Crippen LogP contribution is 2.39. The van der Waals surface area contributed by atoms with Crippen LogP contribution in [0.15, 0.2) is 36.5 Å². The second kappa shape index (κ2) is 6.88. The molecular weight excluding hydrogens is 376 g/mol. The first-order valence-electron chi connectivity index (χ1n) is 8.60. The summed E-state index contributed by atoms with van der Waals surface area (Å²) in [5, 5.41) is 0.115. The average molecular weight is 392 g/mol. The van der Waals surface area contributed by atoms with Crippen molar-refractivity contribution in [3.05, 3.63) is 58.7 Å². The number of amides is 2. The molecule has 1 saturated carbocycles. The summed E-state index contributed by atoms with van der Waals surface area (Å²) >= 11 is 5.73. The van der Waals surface area contributed by atoms with Crippen LogP contribution in [0.25, 0.3) is 0 Å². The van der Waals surface area contributed by atoms with Gasteiger partial charge in [0.2, 0.25) is 5.91 Å². The molecule has 0 N–H and O–H groups in total. The molecular formula is C19H16ClF2N3O2. The fourth-order valence-corrected chi connectivity index (χ4v) is 3.52. The molecule has 2 aromatic rings. The number of pyridine rings is 1. The molecule has 140 valence electrons. The highest BCUT2D eigenvalue weighted by atomic mass is 35.5. The minimum Gasteiger partial charge on any atom is -0.324 e. The van der Waals surface area contributed by atoms with Crippen molar-refractivity contribution in [1.29, 1.82) is 0 Å². The van der Waals surface area contributed by atoms with E-state index in [-0.39, 0.29) is 47.5 Å². The Bertz CT molecular complexity index is 902. The van der Waals surface area contributed by atoms with E-state index in [9.17, 15) is 18.4 Å². The number of hydrogen-bond donors (Lipinski definition) is 0. The van der Waals surface area contributed by atoms with Gasteiger partial charge in [-0.05, 0) is 42.5 Å². The Morgan fingerprint density at radius 3 is 2.48 bits per heavy atom. The predicted molar refractivity (Wildman–Crippen MR) is 95.0 cm³/mol. The van der Waals surface area contributed by atoms with Crippen LogP contribution in [0.4, 0.5) is 14.6 Å². The maximum Gasteiger partial charge on any atom is 0.251 e. The minimum absolute atomic E-state index is 0.0417. The average Bonchev–Trinajstić information content (AvgIpc) is 3.45. The van der Waals surface area contributed by atoms with Crippen LogP contribution in [0.3, 0.4) is 0 Å². The number of aromatic nitrogens is 1. The van der Waals surface area contributed by atoms with E-state index in [2.05, 4.69) is 4.98 Å². The first-order chi connectivity index (χ1) is 12.9. The normalized spacial score (nSPS) is 20.3. The van der Waals surface area contributed by atoms with Crippen molar-refractivity contribution < 1.29 is 18.4 Å². The Hall–Kier alpha value is -2.54. The molecule has 0 bridgehead atoms. The van der Waals surface area contributed by atoms with Crippen LogP contribution in [-0.4, -0.2) is 34.3 Å². The smallest absolute Gasteiger partial charge is 0.251 e. The highest BCUT2D eigenvalue weighted by molar-refractivity contribution is 6.30. The topological polar surface area (TPSA) is 53.5 Å². The standard InChI is InChI=1S/C19H16ClF2N3O2/c20-13-7-15(22)18(23-8-13)25-10-16(26)24(17(19(25)27)12-3-4-12)9-11-1-5-14(21)6-2-11/h1-2,5-8,12,17H,3-4,9-10H2/t17-/m0/s1. The van der Waals surface area contributed by atoms with Crippen LogP contribution < -0.4 is 4.90 Å². The van der Waals surface area contributed by atoms with E-state index in [0.29, 0.717) is 0 Å². The molecule has 2 heterocycles. The number of carbonyl (C=O) groups excluding carboxylic acids is 2. The van der Waals surface area contributed by atoms with Gasteiger partial charge in [0, 0.05) is 12.7 Å². The van der Waals surface area contributed by atoms with Gasteiger partial charge in [-0.15, -0.1) is 0 Å². The molecule has 0 radical (unpaired) electrons. The molecule has 1 aromatic heterocycles. The van der Waals surface area contributed by atoms with Gasteiger partial charge < -0.3 is 4.90 Å². The summed E-state index contributed by atoms with van der Waals surface area (Å²) in [7, 11) is 0. The van der Waals surface area contributed by atoms with Gasteiger partial charge in [-0.25, -0.2) is 13.8 Å². The number of nitrogens with zero attached hydrogens (tertiary/aromatic N) is 3. The number of anilines is 1. The van der Waals surface area contributed by atoms with E-state index in [1.807, 2.05) is 0 Å². The third-order valence-electron chi connectivity index (χ3n) is 4.85. The molecule has 5 nitrogen and oxygen atoms in total. The van der Waals surface area contributed by atoms with E-state index >= 15 is 0 Å². The van der Waals surface area contributed by atoms with Gasteiger partial charge in [0.15, 0.2) is 11.6 Å². The largest absolute Gasteiger partial charge is 0.324 e. The molecule has 1 aliphatic carbocycles. The molecule has 1 atom stereocenters. The van der Waals surface area contributed by atoms with Crippen LogP contribution in [0.1, 0.15) is 18.4 Å². The third-order valence-corrected chi connectivity index (χ3v) is 5.05. The maximum atomic E-state index is 14.3. The van der Waals surface area contributed by atoms with Crippen LogP contribution in [0, 0.1) is 17.6 Å². The summed E-state index contributed by atoms with van der Waals surface area (Å²) in [5.41, 5.74) is 0.729. The molecule has 2 fully saturated rings. The van der Waals surface area contributed by atoms with Crippen molar-refractivity contribution in [1.82, 2.24) is 9.88 Å². The molecule has 2 aliphatic rings. The first kappa shape index (κ1) is 17.9. The SMILES string of the molecule is O=C1[C@H](C2CC2)N(Cc2ccc(F)cc2)C(=O)CN1c1ncc(Cl)cc1F. The van der Waals surface area contributed by atoms with Gasteiger partial charge in [0.1, 0.15) is 18.4 Å². The molecule has 1 aliphatic heterocycles.